The van der Waals surface area contributed by atoms with E-state index in [2.05, 4.69) is 20.3 Å². The Balaban J connectivity index is 1.65. The van der Waals surface area contributed by atoms with Gasteiger partial charge in [-0.1, -0.05) is 30.3 Å². The van der Waals surface area contributed by atoms with Crippen molar-refractivity contribution >= 4 is 32.7 Å². The van der Waals surface area contributed by atoms with Crippen LogP contribution in [-0.2, 0) is 38.9 Å². The van der Waals surface area contributed by atoms with Gasteiger partial charge in [0.15, 0.2) is 0 Å². The second-order valence-electron chi connectivity index (χ2n) is 9.37. The molecule has 0 aliphatic heterocycles. The molecule has 0 saturated heterocycles. The number of benzene rings is 3. The number of likely N-dealkylation sites (N-methyl/N-ethyl adjacent to an activating group) is 1. The first-order valence-electron chi connectivity index (χ1n) is 12.6. The van der Waals surface area contributed by atoms with Crippen LogP contribution in [0.2, 0.25) is 0 Å². The predicted octanol–water partition coefficient (Wildman–Crippen LogP) is 3.97. The number of hydrogen-bond acceptors (Lipinski definition) is 7. The van der Waals surface area contributed by atoms with Crippen molar-refractivity contribution in [3.05, 3.63) is 89.2 Å². The largest absolute Gasteiger partial charge is 0.466 e. The Kier molecular flexibility index (Phi) is 8.64. The lowest BCUT2D eigenvalue weighted by molar-refractivity contribution is -0.142. The van der Waals surface area contributed by atoms with Crippen LogP contribution >= 0.6 is 0 Å². The molecule has 0 unspecified atom stereocenters. The summed E-state index contributed by atoms with van der Waals surface area (Å²) < 4.78 is 36.4. The van der Waals surface area contributed by atoms with Gasteiger partial charge in [0.1, 0.15) is 5.82 Å². The van der Waals surface area contributed by atoms with Gasteiger partial charge in [-0.25, -0.2) is 13.4 Å². The highest BCUT2D eigenvalue weighted by Crippen LogP contribution is 2.25. The predicted molar refractivity (Wildman–Crippen MR) is 150 cm³/mol. The van der Waals surface area contributed by atoms with E-state index in [4.69, 9.17) is 15.0 Å². The number of carbonyl (C=O) groups excluding carboxylic acids is 1. The molecule has 0 fully saturated rings. The normalized spacial score (nSPS) is 11.5. The van der Waals surface area contributed by atoms with E-state index in [1.54, 1.807) is 49.4 Å². The van der Waals surface area contributed by atoms with Crippen LogP contribution in [0.25, 0.3) is 11.0 Å². The summed E-state index contributed by atoms with van der Waals surface area (Å²) in [6.07, 6.45) is 0.426. The molecule has 0 aliphatic carbocycles. The minimum atomic E-state index is -3.98. The lowest BCUT2D eigenvalue weighted by atomic mass is 10.1. The average Bonchev–Trinajstić information content (AvgIpc) is 3.23. The van der Waals surface area contributed by atoms with Crippen molar-refractivity contribution in [2.75, 3.05) is 32.0 Å². The van der Waals surface area contributed by atoms with Gasteiger partial charge in [-0.05, 0) is 68.5 Å². The summed E-state index contributed by atoms with van der Waals surface area (Å²) >= 11 is 0. The fourth-order valence-corrected chi connectivity index (χ4v) is 5.59. The summed E-state index contributed by atoms with van der Waals surface area (Å²) in [5.74, 6) is 0.357. The van der Waals surface area contributed by atoms with Gasteiger partial charge in [-0.2, -0.15) is 5.26 Å². The molecule has 4 aromatic rings. The molecule has 9 nitrogen and oxygen atoms in total. The van der Waals surface area contributed by atoms with Crippen LogP contribution in [0.3, 0.4) is 0 Å². The minimum Gasteiger partial charge on any atom is -0.466 e. The third-order valence-electron chi connectivity index (χ3n) is 6.20. The molecule has 10 heteroatoms. The highest BCUT2D eigenvalue weighted by molar-refractivity contribution is 7.92. The van der Waals surface area contributed by atoms with Crippen molar-refractivity contribution in [3.63, 3.8) is 0 Å². The molecule has 1 heterocycles. The molecule has 0 aliphatic rings. The van der Waals surface area contributed by atoms with E-state index in [1.165, 1.54) is 6.07 Å². The summed E-state index contributed by atoms with van der Waals surface area (Å²) in [4.78, 5) is 19.0. The molecule has 0 amide bonds. The van der Waals surface area contributed by atoms with Crippen LogP contribution in [0.4, 0.5) is 5.69 Å². The Bertz CT molecular complexity index is 1620. The summed E-state index contributed by atoms with van der Waals surface area (Å²) in [5, 5.41) is 9.09. The van der Waals surface area contributed by atoms with Crippen LogP contribution in [0, 0.1) is 11.3 Å². The molecule has 3 aromatic carbocycles. The van der Waals surface area contributed by atoms with Crippen molar-refractivity contribution in [2.24, 2.45) is 0 Å². The van der Waals surface area contributed by atoms with Gasteiger partial charge in [0.05, 0.1) is 46.3 Å². The monoisotopic (exact) mass is 545 g/mol. The summed E-state index contributed by atoms with van der Waals surface area (Å²) in [6.45, 7) is 3.44. The van der Waals surface area contributed by atoms with Crippen molar-refractivity contribution in [3.8, 4) is 6.07 Å². The zero-order valence-corrected chi connectivity index (χ0v) is 23.0. The van der Waals surface area contributed by atoms with E-state index >= 15 is 0 Å². The maximum atomic E-state index is 13.3. The number of fused-ring (bicyclic) bond motifs is 1. The fraction of sp³-hybridized carbons (Fsp3) is 0.276. The van der Waals surface area contributed by atoms with E-state index in [1.807, 2.05) is 32.3 Å². The molecule has 0 radical (unpaired) electrons. The number of carbonyl (C=O) groups is 1. The number of aromatic nitrogens is 2. The van der Waals surface area contributed by atoms with Crippen molar-refractivity contribution in [1.82, 2.24) is 14.5 Å². The molecule has 0 saturated carbocycles. The van der Waals surface area contributed by atoms with Crippen molar-refractivity contribution in [2.45, 2.75) is 31.2 Å². The Morgan fingerprint density at radius 3 is 2.54 bits per heavy atom. The molecular weight excluding hydrogens is 514 g/mol. The highest BCUT2D eigenvalue weighted by Gasteiger charge is 2.21. The first-order valence-corrected chi connectivity index (χ1v) is 14.1. The number of nitrogens with one attached hydrogen (secondary N) is 1. The van der Waals surface area contributed by atoms with Gasteiger partial charge >= 0.3 is 5.97 Å². The second kappa shape index (κ2) is 12.1. The van der Waals surface area contributed by atoms with Gasteiger partial charge in [0, 0.05) is 19.5 Å². The molecule has 0 atom stereocenters. The van der Waals surface area contributed by atoms with E-state index < -0.39 is 16.0 Å². The third kappa shape index (κ3) is 6.82. The number of sulfonamides is 1. The molecule has 0 spiro atoms. The van der Waals surface area contributed by atoms with Crippen LogP contribution in [0.15, 0.2) is 71.6 Å². The van der Waals surface area contributed by atoms with Gasteiger partial charge in [0.2, 0.25) is 0 Å². The Hall–Kier alpha value is -4.20. The Morgan fingerprint density at radius 2 is 1.85 bits per heavy atom. The van der Waals surface area contributed by atoms with Crippen LogP contribution in [0.1, 0.15) is 29.4 Å². The molecule has 0 bridgehead atoms. The minimum absolute atomic E-state index is 0.0242. The Morgan fingerprint density at radius 1 is 1.10 bits per heavy atom. The first-order chi connectivity index (χ1) is 18.7. The molecule has 1 N–H and O–H groups in total. The maximum Gasteiger partial charge on any atom is 0.310 e. The van der Waals surface area contributed by atoms with E-state index in [9.17, 15) is 13.2 Å². The quantitative estimate of drug-likeness (QED) is 0.284. The Labute approximate surface area is 228 Å². The van der Waals surface area contributed by atoms with Crippen LogP contribution in [-0.4, -0.2) is 56.1 Å². The SMILES string of the molecule is CCOC(=O)Cc1ccccc1S(=O)(=O)Nc1ccc2c(c1)nc(Cc1ccc(C#N)cc1)n2CCN(C)C. The summed E-state index contributed by atoms with van der Waals surface area (Å²) in [6, 6.07) is 21.2. The molecular formula is C29H31N5O4S. The number of hydrogen-bond donors (Lipinski definition) is 1. The smallest absolute Gasteiger partial charge is 0.310 e. The first kappa shape index (κ1) is 27.8. The van der Waals surface area contributed by atoms with Crippen LogP contribution < -0.4 is 4.72 Å². The molecule has 39 heavy (non-hydrogen) atoms. The maximum absolute atomic E-state index is 13.3. The number of imidazole rings is 1. The number of ether oxygens (including phenoxy) is 1. The molecule has 4 rings (SSSR count). The molecule has 1 aromatic heterocycles. The highest BCUT2D eigenvalue weighted by atomic mass is 32.2. The standard InChI is InChI=1S/C29H31N5O4S/c1-4-38-29(35)18-23-7-5-6-8-27(23)39(36,37)32-24-13-14-26-25(19-24)31-28(34(26)16-15-33(2)3)17-21-9-11-22(20-30)12-10-21/h5-14,19,32H,4,15-18H2,1-3H3. The number of nitriles is 1. The van der Waals surface area contributed by atoms with E-state index in [-0.39, 0.29) is 17.9 Å². The topological polar surface area (TPSA) is 117 Å². The van der Waals surface area contributed by atoms with Crippen molar-refractivity contribution < 1.29 is 17.9 Å². The fourth-order valence-electron chi connectivity index (χ4n) is 4.30. The van der Waals surface area contributed by atoms with Crippen molar-refractivity contribution in [1.29, 1.82) is 5.26 Å². The van der Waals surface area contributed by atoms with Gasteiger partial charge in [0.25, 0.3) is 10.0 Å². The lowest BCUT2D eigenvalue weighted by Gasteiger charge is -2.14. The third-order valence-corrected chi connectivity index (χ3v) is 7.68. The number of rotatable bonds is 11. The van der Waals surface area contributed by atoms with Crippen LogP contribution in [0.5, 0.6) is 0 Å². The number of anilines is 1. The summed E-state index contributed by atoms with van der Waals surface area (Å²) in [7, 11) is 0.0335. The van der Waals surface area contributed by atoms with Gasteiger partial charge in [-0.15, -0.1) is 0 Å². The zero-order chi connectivity index (χ0) is 28.0. The number of esters is 1. The number of nitrogens with zero attached hydrogens (tertiary/aromatic N) is 4. The average molecular weight is 546 g/mol. The van der Waals surface area contributed by atoms with Gasteiger partial charge in [-0.3, -0.25) is 9.52 Å². The second-order valence-corrected chi connectivity index (χ2v) is 11.0. The van der Waals surface area contributed by atoms with E-state index in [0.717, 1.165) is 23.4 Å². The lowest BCUT2D eigenvalue weighted by Crippen LogP contribution is -2.19. The van der Waals surface area contributed by atoms with Gasteiger partial charge < -0.3 is 14.2 Å². The zero-order valence-electron chi connectivity index (χ0n) is 22.2. The van der Waals surface area contributed by atoms with E-state index in [0.29, 0.717) is 35.3 Å². The summed E-state index contributed by atoms with van der Waals surface area (Å²) in [5.41, 5.74) is 3.91. The molecule has 202 valence electrons.